The van der Waals surface area contributed by atoms with Crippen LogP contribution in [0.2, 0.25) is 0 Å². The van der Waals surface area contributed by atoms with E-state index in [1.807, 2.05) is 0 Å². The Hall–Kier alpha value is -1.20. The molecule has 0 amide bonds. The molecule has 2 heterocycles. The highest BCUT2D eigenvalue weighted by atomic mass is 35.5. The van der Waals surface area contributed by atoms with E-state index in [1.165, 1.54) is 21.6 Å². The first kappa shape index (κ1) is 21.5. The van der Waals surface area contributed by atoms with E-state index in [4.69, 9.17) is 4.74 Å². The number of likely N-dealkylation sites (tertiary alicyclic amines) is 1. The quantitative estimate of drug-likeness (QED) is 0.671. The smallest absolute Gasteiger partial charge is 0.153 e. The van der Waals surface area contributed by atoms with Crippen LogP contribution in [0.3, 0.4) is 0 Å². The van der Waals surface area contributed by atoms with Gasteiger partial charge in [-0.05, 0) is 69.7 Å². The van der Waals surface area contributed by atoms with E-state index in [9.17, 15) is 5.11 Å². The Labute approximate surface area is 178 Å². The summed E-state index contributed by atoms with van der Waals surface area (Å²) in [5, 5.41) is 10.1. The molecule has 0 bridgehead atoms. The summed E-state index contributed by atoms with van der Waals surface area (Å²) in [6.45, 7) is 6.46. The van der Waals surface area contributed by atoms with E-state index < -0.39 is 0 Å². The van der Waals surface area contributed by atoms with Gasteiger partial charge < -0.3 is 9.84 Å². The van der Waals surface area contributed by atoms with Crippen LogP contribution in [-0.4, -0.2) is 27.7 Å². The van der Waals surface area contributed by atoms with Gasteiger partial charge in [-0.15, -0.1) is 12.4 Å². The molecule has 152 valence electrons. The highest BCUT2D eigenvalue weighted by Crippen LogP contribution is 2.49. The molecule has 2 aromatic rings. The Balaban J connectivity index is 0.00000225. The summed E-state index contributed by atoms with van der Waals surface area (Å²) in [5.41, 5.74) is 3.99. The molecule has 5 heteroatoms. The van der Waals surface area contributed by atoms with Gasteiger partial charge in [-0.2, -0.15) is 0 Å². The summed E-state index contributed by atoms with van der Waals surface area (Å²) >= 11 is 1.78. The number of thioether (sulfide) groups is 1. The molecular weight excluding hydrogens is 390 g/mol. The molecule has 1 fully saturated rings. The monoisotopic (exact) mass is 419 g/mol. The molecular formula is C23H30ClNO2S. The first-order chi connectivity index (χ1) is 12.9. The highest BCUT2D eigenvalue weighted by molar-refractivity contribution is 8.00. The van der Waals surface area contributed by atoms with Crippen molar-refractivity contribution in [3.05, 3.63) is 59.2 Å². The molecule has 1 N–H and O–H groups in total. The lowest BCUT2D eigenvalue weighted by atomic mass is 10.0. The normalized spacial score (nSPS) is 23.1. The lowest BCUT2D eigenvalue weighted by molar-refractivity contribution is 0.0596. The van der Waals surface area contributed by atoms with Gasteiger partial charge in [-0.25, -0.2) is 0 Å². The number of benzene rings is 2. The standard InChI is InChI=1S/C23H29NO2S.ClH/c1-16-4-6-17(7-5-16)8-10-19-11-12-20(24(19)15-25)18-9-13-21-22(14-18)27-23(2,3)26-21;/h4-7,9,13-14,19-20,25H,8,10-12,15H2,1-3H3;1H. The van der Waals surface area contributed by atoms with Crippen molar-refractivity contribution in [3.63, 3.8) is 0 Å². The molecule has 28 heavy (non-hydrogen) atoms. The van der Waals surface area contributed by atoms with Crippen molar-refractivity contribution in [1.29, 1.82) is 0 Å². The number of fused-ring (bicyclic) bond motifs is 1. The molecule has 2 unspecified atom stereocenters. The van der Waals surface area contributed by atoms with Gasteiger partial charge in [-0.3, -0.25) is 4.90 Å². The van der Waals surface area contributed by atoms with E-state index in [-0.39, 0.29) is 24.1 Å². The molecule has 2 aliphatic heterocycles. The highest BCUT2D eigenvalue weighted by Gasteiger charge is 2.36. The molecule has 2 aliphatic rings. The molecule has 3 nitrogen and oxygen atoms in total. The molecule has 0 saturated carbocycles. The third-order valence-corrected chi connectivity index (χ3v) is 6.87. The first-order valence-corrected chi connectivity index (χ1v) is 10.7. The van der Waals surface area contributed by atoms with Crippen LogP contribution in [0.4, 0.5) is 0 Å². The lowest BCUT2D eigenvalue weighted by Crippen LogP contribution is -2.32. The summed E-state index contributed by atoms with van der Waals surface area (Å²) in [6.07, 6.45) is 4.41. The predicted molar refractivity (Wildman–Crippen MR) is 118 cm³/mol. The molecule has 2 aromatic carbocycles. The second-order valence-electron chi connectivity index (χ2n) is 8.24. The third-order valence-electron chi connectivity index (χ3n) is 5.76. The molecule has 0 radical (unpaired) electrons. The van der Waals surface area contributed by atoms with Gasteiger partial charge in [0, 0.05) is 12.1 Å². The van der Waals surface area contributed by atoms with Crippen molar-refractivity contribution in [3.8, 4) is 5.75 Å². The van der Waals surface area contributed by atoms with Gasteiger partial charge in [-0.1, -0.05) is 47.7 Å². The van der Waals surface area contributed by atoms with E-state index in [1.54, 1.807) is 11.8 Å². The van der Waals surface area contributed by atoms with Crippen LogP contribution < -0.4 is 4.74 Å². The Morgan fingerprint density at radius 3 is 2.61 bits per heavy atom. The van der Waals surface area contributed by atoms with Gasteiger partial charge in [0.15, 0.2) is 4.93 Å². The molecule has 0 aliphatic carbocycles. The fourth-order valence-corrected chi connectivity index (χ4v) is 5.42. The number of aliphatic hydroxyl groups excluding tert-OH is 1. The van der Waals surface area contributed by atoms with Gasteiger partial charge in [0.2, 0.25) is 0 Å². The molecule has 4 rings (SSSR count). The maximum Gasteiger partial charge on any atom is 0.153 e. The average Bonchev–Trinajstić information content (AvgIpc) is 3.18. The lowest BCUT2D eigenvalue weighted by Gasteiger charge is -2.28. The van der Waals surface area contributed by atoms with Crippen molar-refractivity contribution in [2.45, 2.75) is 68.4 Å². The van der Waals surface area contributed by atoms with Crippen molar-refractivity contribution in [2.24, 2.45) is 0 Å². The summed E-state index contributed by atoms with van der Waals surface area (Å²) in [7, 11) is 0. The number of aryl methyl sites for hydroxylation is 2. The van der Waals surface area contributed by atoms with E-state index in [0.29, 0.717) is 12.1 Å². The fourth-order valence-electron chi connectivity index (χ4n) is 4.35. The number of rotatable bonds is 5. The van der Waals surface area contributed by atoms with Crippen molar-refractivity contribution < 1.29 is 9.84 Å². The Morgan fingerprint density at radius 2 is 1.89 bits per heavy atom. The summed E-state index contributed by atoms with van der Waals surface area (Å²) in [6, 6.07) is 16.1. The maximum atomic E-state index is 10.1. The second kappa shape index (κ2) is 8.66. The maximum absolute atomic E-state index is 10.1. The zero-order valence-electron chi connectivity index (χ0n) is 16.9. The van der Waals surface area contributed by atoms with Crippen LogP contribution >= 0.6 is 24.2 Å². The van der Waals surface area contributed by atoms with Gasteiger partial charge >= 0.3 is 0 Å². The molecule has 2 atom stereocenters. The largest absolute Gasteiger partial charge is 0.476 e. The first-order valence-electron chi connectivity index (χ1n) is 9.89. The Bertz CT molecular complexity index is 809. The Kier molecular flexibility index (Phi) is 6.65. The zero-order chi connectivity index (χ0) is 19.0. The topological polar surface area (TPSA) is 32.7 Å². The van der Waals surface area contributed by atoms with Crippen molar-refractivity contribution in [2.75, 3.05) is 6.73 Å². The fraction of sp³-hybridized carbons (Fsp3) is 0.478. The van der Waals surface area contributed by atoms with Crippen LogP contribution in [-0.2, 0) is 6.42 Å². The van der Waals surface area contributed by atoms with Gasteiger partial charge in [0.05, 0.1) is 11.6 Å². The minimum atomic E-state index is -0.191. The van der Waals surface area contributed by atoms with E-state index in [0.717, 1.165) is 31.4 Å². The van der Waals surface area contributed by atoms with Crippen LogP contribution in [0.1, 0.15) is 55.8 Å². The number of hydrogen-bond donors (Lipinski definition) is 1. The minimum absolute atomic E-state index is 0. The third kappa shape index (κ3) is 4.51. The number of hydrogen-bond acceptors (Lipinski definition) is 4. The Morgan fingerprint density at radius 1 is 1.14 bits per heavy atom. The number of halogens is 1. The van der Waals surface area contributed by atoms with Crippen LogP contribution in [0, 0.1) is 6.92 Å². The number of aliphatic hydroxyl groups is 1. The molecule has 0 spiro atoms. The minimum Gasteiger partial charge on any atom is -0.476 e. The number of ether oxygens (including phenoxy) is 1. The van der Waals surface area contributed by atoms with Crippen LogP contribution in [0.5, 0.6) is 5.75 Å². The zero-order valence-corrected chi connectivity index (χ0v) is 18.5. The van der Waals surface area contributed by atoms with Crippen molar-refractivity contribution >= 4 is 24.2 Å². The van der Waals surface area contributed by atoms with E-state index >= 15 is 0 Å². The van der Waals surface area contributed by atoms with Crippen LogP contribution in [0.15, 0.2) is 47.4 Å². The van der Waals surface area contributed by atoms with Crippen molar-refractivity contribution in [1.82, 2.24) is 4.90 Å². The van der Waals surface area contributed by atoms with Gasteiger partial charge in [0.25, 0.3) is 0 Å². The van der Waals surface area contributed by atoms with Crippen LogP contribution in [0.25, 0.3) is 0 Å². The summed E-state index contributed by atoms with van der Waals surface area (Å²) < 4.78 is 5.98. The number of nitrogens with zero attached hydrogens (tertiary/aromatic N) is 1. The van der Waals surface area contributed by atoms with Gasteiger partial charge in [0.1, 0.15) is 5.75 Å². The average molecular weight is 420 g/mol. The molecule has 1 saturated heterocycles. The second-order valence-corrected chi connectivity index (χ2v) is 9.86. The SMILES string of the molecule is Cc1ccc(CCC2CCC(c3ccc4c(c3)SC(C)(C)O4)N2CO)cc1.Cl. The van der Waals surface area contributed by atoms with E-state index in [2.05, 4.69) is 68.1 Å². The summed E-state index contributed by atoms with van der Waals surface area (Å²) in [5.74, 6) is 0.984. The summed E-state index contributed by atoms with van der Waals surface area (Å²) in [4.78, 5) is 3.31. The molecule has 0 aromatic heterocycles. The predicted octanol–water partition coefficient (Wildman–Crippen LogP) is 5.73.